The Morgan fingerprint density at radius 2 is 2.00 bits per heavy atom. The molecule has 1 atom stereocenters. The van der Waals surface area contributed by atoms with Crippen LogP contribution in [0.5, 0.6) is 5.75 Å². The quantitative estimate of drug-likeness (QED) is 0.931. The Bertz CT molecular complexity index is 616. The molecule has 0 aliphatic heterocycles. The fourth-order valence-electron chi connectivity index (χ4n) is 2.13. The summed E-state index contributed by atoms with van der Waals surface area (Å²) < 4.78 is 19.1. The lowest BCUT2D eigenvalue weighted by molar-refractivity contribution is 0.410. The number of methoxy groups -OCH3 is 1. The SMILES string of the molecule is CCc1nnc(C)cc1C(N)c1ccc(OC)cc1F. The molecule has 4 nitrogen and oxygen atoms in total. The number of aromatic nitrogens is 2. The molecule has 1 unspecified atom stereocenters. The minimum Gasteiger partial charge on any atom is -0.497 e. The van der Waals surface area contributed by atoms with Crippen molar-refractivity contribution in [3.05, 3.63) is 52.6 Å². The molecule has 2 rings (SSSR count). The molecule has 0 aliphatic carbocycles. The second-order valence-electron chi connectivity index (χ2n) is 4.61. The number of nitrogens with zero attached hydrogens (tertiary/aromatic N) is 2. The predicted octanol–water partition coefficient (Wildman–Crippen LogP) is 2.54. The number of ether oxygens (including phenoxy) is 1. The first-order valence-corrected chi connectivity index (χ1v) is 6.49. The second-order valence-corrected chi connectivity index (χ2v) is 4.61. The highest BCUT2D eigenvalue weighted by atomic mass is 19.1. The van der Waals surface area contributed by atoms with E-state index in [0.717, 1.165) is 17.0 Å². The molecule has 20 heavy (non-hydrogen) atoms. The van der Waals surface area contributed by atoms with Gasteiger partial charge in [0.25, 0.3) is 0 Å². The number of halogens is 1. The fraction of sp³-hybridized carbons (Fsp3) is 0.333. The van der Waals surface area contributed by atoms with Gasteiger partial charge in [0.15, 0.2) is 0 Å². The topological polar surface area (TPSA) is 61.0 Å². The molecule has 2 N–H and O–H groups in total. The molecular weight excluding hydrogens is 257 g/mol. The van der Waals surface area contributed by atoms with Gasteiger partial charge in [0.1, 0.15) is 11.6 Å². The average Bonchev–Trinajstić information content (AvgIpc) is 2.46. The molecule has 0 saturated carbocycles. The van der Waals surface area contributed by atoms with E-state index in [1.54, 1.807) is 12.1 Å². The van der Waals surface area contributed by atoms with Crippen molar-refractivity contribution in [1.82, 2.24) is 10.2 Å². The number of rotatable bonds is 4. The number of hydrogen-bond donors (Lipinski definition) is 1. The van der Waals surface area contributed by atoms with E-state index in [9.17, 15) is 4.39 Å². The molecule has 5 heteroatoms. The van der Waals surface area contributed by atoms with Crippen LogP contribution in [0.2, 0.25) is 0 Å². The van der Waals surface area contributed by atoms with Crippen molar-refractivity contribution >= 4 is 0 Å². The van der Waals surface area contributed by atoms with Crippen LogP contribution in [-0.4, -0.2) is 17.3 Å². The molecule has 1 aromatic heterocycles. The van der Waals surface area contributed by atoms with Crippen molar-refractivity contribution in [2.24, 2.45) is 5.73 Å². The van der Waals surface area contributed by atoms with Gasteiger partial charge in [-0.05, 0) is 31.0 Å². The summed E-state index contributed by atoms with van der Waals surface area (Å²) in [5, 5.41) is 8.15. The van der Waals surface area contributed by atoms with Crippen LogP contribution in [0.3, 0.4) is 0 Å². The van der Waals surface area contributed by atoms with Crippen molar-refractivity contribution in [3.63, 3.8) is 0 Å². The molecule has 0 radical (unpaired) electrons. The first-order chi connectivity index (χ1) is 9.56. The molecule has 1 heterocycles. The van der Waals surface area contributed by atoms with Gasteiger partial charge in [0.05, 0.1) is 24.5 Å². The van der Waals surface area contributed by atoms with E-state index in [1.165, 1.54) is 13.2 Å². The number of nitrogens with two attached hydrogens (primary N) is 1. The lowest BCUT2D eigenvalue weighted by atomic mass is 9.96. The van der Waals surface area contributed by atoms with Gasteiger partial charge in [-0.15, -0.1) is 0 Å². The van der Waals surface area contributed by atoms with E-state index in [0.29, 0.717) is 17.7 Å². The average molecular weight is 275 g/mol. The summed E-state index contributed by atoms with van der Waals surface area (Å²) in [5.41, 5.74) is 8.99. The van der Waals surface area contributed by atoms with Gasteiger partial charge in [-0.25, -0.2) is 4.39 Å². The van der Waals surface area contributed by atoms with Crippen LogP contribution in [0.15, 0.2) is 24.3 Å². The van der Waals surface area contributed by atoms with E-state index in [-0.39, 0.29) is 5.82 Å². The summed E-state index contributed by atoms with van der Waals surface area (Å²) in [6, 6.07) is 5.98. The van der Waals surface area contributed by atoms with Gasteiger partial charge in [-0.1, -0.05) is 13.0 Å². The van der Waals surface area contributed by atoms with Crippen LogP contribution in [0.4, 0.5) is 4.39 Å². The second kappa shape index (κ2) is 5.96. The summed E-state index contributed by atoms with van der Waals surface area (Å²) in [6.45, 7) is 3.81. The Labute approximate surface area is 117 Å². The molecule has 0 saturated heterocycles. The first-order valence-electron chi connectivity index (χ1n) is 6.49. The smallest absolute Gasteiger partial charge is 0.132 e. The zero-order chi connectivity index (χ0) is 14.7. The molecule has 0 amide bonds. The van der Waals surface area contributed by atoms with Crippen molar-refractivity contribution in [2.45, 2.75) is 26.3 Å². The van der Waals surface area contributed by atoms with E-state index >= 15 is 0 Å². The van der Waals surface area contributed by atoms with Crippen molar-refractivity contribution in [1.29, 1.82) is 0 Å². The Hall–Kier alpha value is -2.01. The zero-order valence-electron chi connectivity index (χ0n) is 11.9. The summed E-state index contributed by atoms with van der Waals surface area (Å²) in [7, 11) is 1.50. The van der Waals surface area contributed by atoms with E-state index < -0.39 is 6.04 Å². The van der Waals surface area contributed by atoms with Crippen LogP contribution >= 0.6 is 0 Å². The lowest BCUT2D eigenvalue weighted by Crippen LogP contribution is -2.17. The highest BCUT2D eigenvalue weighted by molar-refractivity contribution is 5.38. The third kappa shape index (κ3) is 2.77. The van der Waals surface area contributed by atoms with Gasteiger partial charge in [0, 0.05) is 11.6 Å². The van der Waals surface area contributed by atoms with Gasteiger partial charge < -0.3 is 10.5 Å². The Kier molecular flexibility index (Phi) is 4.29. The van der Waals surface area contributed by atoms with Gasteiger partial charge in [-0.2, -0.15) is 10.2 Å². The normalized spacial score (nSPS) is 12.2. The zero-order valence-corrected chi connectivity index (χ0v) is 11.9. The van der Waals surface area contributed by atoms with Crippen molar-refractivity contribution in [2.75, 3.05) is 7.11 Å². The van der Waals surface area contributed by atoms with Crippen LogP contribution < -0.4 is 10.5 Å². The Morgan fingerprint density at radius 1 is 1.25 bits per heavy atom. The molecule has 0 spiro atoms. The lowest BCUT2D eigenvalue weighted by Gasteiger charge is -2.17. The van der Waals surface area contributed by atoms with Crippen LogP contribution in [0.1, 0.15) is 35.5 Å². The van der Waals surface area contributed by atoms with Crippen molar-refractivity contribution < 1.29 is 9.13 Å². The predicted molar refractivity (Wildman–Crippen MR) is 75.1 cm³/mol. The minimum absolute atomic E-state index is 0.381. The van der Waals surface area contributed by atoms with E-state index in [2.05, 4.69) is 10.2 Å². The van der Waals surface area contributed by atoms with Crippen LogP contribution in [0.25, 0.3) is 0 Å². The molecule has 2 aromatic rings. The third-order valence-electron chi connectivity index (χ3n) is 3.24. The monoisotopic (exact) mass is 275 g/mol. The Morgan fingerprint density at radius 3 is 2.60 bits per heavy atom. The molecule has 0 aliphatic rings. The maximum absolute atomic E-state index is 14.1. The van der Waals surface area contributed by atoms with E-state index in [1.807, 2.05) is 19.9 Å². The highest BCUT2D eigenvalue weighted by Gasteiger charge is 2.18. The maximum Gasteiger partial charge on any atom is 0.132 e. The number of hydrogen-bond acceptors (Lipinski definition) is 4. The Balaban J connectivity index is 2.45. The van der Waals surface area contributed by atoms with Gasteiger partial charge >= 0.3 is 0 Å². The third-order valence-corrected chi connectivity index (χ3v) is 3.24. The largest absolute Gasteiger partial charge is 0.497 e. The van der Waals surface area contributed by atoms with E-state index in [4.69, 9.17) is 10.5 Å². The molecule has 0 bridgehead atoms. The minimum atomic E-state index is -0.565. The summed E-state index contributed by atoms with van der Waals surface area (Å²) >= 11 is 0. The molecular formula is C15H18FN3O. The van der Waals surface area contributed by atoms with Crippen molar-refractivity contribution in [3.8, 4) is 5.75 Å². The highest BCUT2D eigenvalue weighted by Crippen LogP contribution is 2.27. The number of aryl methyl sites for hydroxylation is 2. The van der Waals surface area contributed by atoms with Gasteiger partial charge in [-0.3, -0.25) is 0 Å². The molecule has 1 aromatic carbocycles. The molecule has 0 fully saturated rings. The standard InChI is InChI=1S/C15H18FN3O/c1-4-14-12(7-9(2)18-19-14)15(17)11-6-5-10(20-3)8-13(11)16/h5-8,15H,4,17H2,1-3H3. The van der Waals surface area contributed by atoms with Gasteiger partial charge in [0.2, 0.25) is 0 Å². The van der Waals surface area contributed by atoms with Crippen LogP contribution in [-0.2, 0) is 6.42 Å². The van der Waals surface area contributed by atoms with Crippen LogP contribution in [0, 0.1) is 12.7 Å². The fourth-order valence-corrected chi connectivity index (χ4v) is 2.13. The summed E-state index contributed by atoms with van der Waals surface area (Å²) in [5.74, 6) is 0.0894. The first kappa shape index (κ1) is 14.4. The maximum atomic E-state index is 14.1. The molecule has 106 valence electrons. The summed E-state index contributed by atoms with van der Waals surface area (Å²) in [6.07, 6.45) is 0.702. The number of benzene rings is 1. The summed E-state index contributed by atoms with van der Waals surface area (Å²) in [4.78, 5) is 0.